The molecule has 4 heteroatoms. The second kappa shape index (κ2) is 22.7. The van der Waals surface area contributed by atoms with Crippen molar-refractivity contribution < 1.29 is 9.53 Å². The van der Waals surface area contributed by atoms with Gasteiger partial charge in [-0.05, 0) is 26.7 Å². The number of hydrogen-bond acceptors (Lipinski definition) is 3. The van der Waals surface area contributed by atoms with Gasteiger partial charge in [0, 0.05) is 5.57 Å². The Kier molecular flexibility index (Phi) is 26.5. The van der Waals surface area contributed by atoms with Crippen molar-refractivity contribution >= 4 is 23.0 Å². The van der Waals surface area contributed by atoms with Gasteiger partial charge in [-0.25, -0.2) is 4.79 Å². The molecule has 0 aliphatic carbocycles. The summed E-state index contributed by atoms with van der Waals surface area (Å²) in [7, 11) is 1.45. The van der Waals surface area contributed by atoms with E-state index in [-0.39, 0.29) is 29.1 Å². The highest BCUT2D eigenvalue weighted by molar-refractivity contribution is 8.93. The van der Waals surface area contributed by atoms with Gasteiger partial charge in [-0.1, -0.05) is 96.0 Å². The third kappa shape index (κ3) is 18.4. The molecule has 0 aromatic heterocycles. The van der Waals surface area contributed by atoms with Gasteiger partial charge in [-0.2, -0.15) is 0 Å². The van der Waals surface area contributed by atoms with Crippen molar-refractivity contribution in [3.8, 4) is 0 Å². The average Bonchev–Trinajstić information content (AvgIpc) is 2.60. The van der Waals surface area contributed by atoms with E-state index >= 15 is 0 Å². The standard InChI is InChI=1S/C22H42O2.BrH.H3N/c1-5-6-7-8-9-10-11-12-13-14-15-16-17-18-19-20(2)21(3)22(23)24-4;;/h5-19H2,1-4H3;1H;1H3. The Hall–Kier alpha value is -0.350. The average molecular weight is 437 g/mol. The molecule has 0 atom stereocenters. The summed E-state index contributed by atoms with van der Waals surface area (Å²) >= 11 is 0. The van der Waals surface area contributed by atoms with Crippen molar-refractivity contribution in [1.29, 1.82) is 0 Å². The van der Waals surface area contributed by atoms with Crippen LogP contribution in [0.4, 0.5) is 0 Å². The summed E-state index contributed by atoms with van der Waals surface area (Å²) in [5.41, 5.74) is 1.97. The fourth-order valence-electron chi connectivity index (χ4n) is 3.10. The molecule has 0 rings (SSSR count). The zero-order valence-corrected chi connectivity index (χ0v) is 19.8. The van der Waals surface area contributed by atoms with Gasteiger partial charge >= 0.3 is 5.97 Å². The molecule has 0 aliphatic rings. The number of rotatable bonds is 16. The van der Waals surface area contributed by atoms with E-state index in [1.54, 1.807) is 0 Å². The third-order valence-corrected chi connectivity index (χ3v) is 5.04. The molecule has 0 aromatic carbocycles. The van der Waals surface area contributed by atoms with Crippen LogP contribution in [0.5, 0.6) is 0 Å². The van der Waals surface area contributed by atoms with Crippen LogP contribution in [0, 0.1) is 0 Å². The van der Waals surface area contributed by atoms with E-state index in [1.807, 2.05) is 6.92 Å². The van der Waals surface area contributed by atoms with Crippen molar-refractivity contribution in [3.05, 3.63) is 11.1 Å². The highest BCUT2D eigenvalue weighted by Crippen LogP contribution is 2.16. The molecule has 0 saturated heterocycles. The normalized spacial score (nSPS) is 11.2. The Labute approximate surface area is 174 Å². The molecule has 3 N–H and O–H groups in total. The van der Waals surface area contributed by atoms with Gasteiger partial charge in [0.2, 0.25) is 0 Å². The molecule has 0 radical (unpaired) electrons. The molecular weight excluding hydrogens is 390 g/mol. The predicted molar refractivity (Wildman–Crippen MR) is 121 cm³/mol. The van der Waals surface area contributed by atoms with Crippen LogP contribution < -0.4 is 6.15 Å². The minimum atomic E-state index is -0.183. The van der Waals surface area contributed by atoms with E-state index in [4.69, 9.17) is 4.74 Å². The van der Waals surface area contributed by atoms with E-state index in [9.17, 15) is 4.79 Å². The number of halogens is 1. The number of ether oxygens (including phenoxy) is 1. The number of carbonyl (C=O) groups excluding carboxylic acids is 1. The maximum atomic E-state index is 11.4. The van der Waals surface area contributed by atoms with Gasteiger partial charge in [0.15, 0.2) is 0 Å². The van der Waals surface area contributed by atoms with Gasteiger partial charge in [0.25, 0.3) is 0 Å². The topological polar surface area (TPSA) is 61.3 Å². The zero-order chi connectivity index (χ0) is 18.0. The second-order valence-corrected chi connectivity index (χ2v) is 7.24. The van der Waals surface area contributed by atoms with Gasteiger partial charge < -0.3 is 10.9 Å². The Bertz CT molecular complexity index is 343. The first-order valence-electron chi connectivity index (χ1n) is 10.4. The summed E-state index contributed by atoms with van der Waals surface area (Å²) in [6, 6.07) is 0. The molecule has 0 heterocycles. The zero-order valence-electron chi connectivity index (χ0n) is 18.0. The van der Waals surface area contributed by atoms with Gasteiger partial charge in [-0.3, -0.25) is 0 Å². The van der Waals surface area contributed by atoms with E-state index in [1.165, 1.54) is 103 Å². The number of unbranched alkanes of at least 4 members (excludes halogenated alkanes) is 13. The third-order valence-electron chi connectivity index (χ3n) is 5.04. The Morgan fingerprint density at radius 2 is 1.04 bits per heavy atom. The lowest BCUT2D eigenvalue weighted by atomic mass is 10.0. The number of hydrogen-bond donors (Lipinski definition) is 1. The highest BCUT2D eigenvalue weighted by Gasteiger charge is 2.06. The van der Waals surface area contributed by atoms with Crippen LogP contribution >= 0.6 is 17.0 Å². The summed E-state index contributed by atoms with van der Waals surface area (Å²) in [5.74, 6) is -0.183. The Balaban J connectivity index is -0.00000264. The van der Waals surface area contributed by atoms with Crippen LogP contribution in [0.1, 0.15) is 117 Å². The number of esters is 1. The van der Waals surface area contributed by atoms with Crippen LogP contribution in [-0.4, -0.2) is 13.1 Å². The first-order chi connectivity index (χ1) is 11.6. The lowest BCUT2D eigenvalue weighted by molar-refractivity contribution is -0.136. The quantitative estimate of drug-likeness (QED) is 0.151. The SMILES string of the molecule is Br.CCCCCCCCCCCCCCCCC(C)=C(C)C(=O)OC.N. The molecule has 3 nitrogen and oxygen atoms in total. The highest BCUT2D eigenvalue weighted by atomic mass is 79.9. The van der Waals surface area contributed by atoms with E-state index < -0.39 is 0 Å². The van der Waals surface area contributed by atoms with Crippen molar-refractivity contribution in [3.63, 3.8) is 0 Å². The van der Waals surface area contributed by atoms with Gasteiger partial charge in [0.05, 0.1) is 7.11 Å². The van der Waals surface area contributed by atoms with Crippen molar-refractivity contribution in [1.82, 2.24) is 6.15 Å². The minimum absolute atomic E-state index is 0. The maximum Gasteiger partial charge on any atom is 0.333 e. The van der Waals surface area contributed by atoms with Crippen LogP contribution in [0.25, 0.3) is 0 Å². The summed E-state index contributed by atoms with van der Waals surface area (Å²) in [6.45, 7) is 6.20. The van der Waals surface area contributed by atoms with E-state index in [0.29, 0.717) is 0 Å². The van der Waals surface area contributed by atoms with Crippen LogP contribution in [-0.2, 0) is 9.53 Å². The fourth-order valence-corrected chi connectivity index (χ4v) is 3.10. The van der Waals surface area contributed by atoms with Crippen LogP contribution in [0.15, 0.2) is 11.1 Å². The van der Waals surface area contributed by atoms with Crippen LogP contribution in [0.2, 0.25) is 0 Å². The molecular formula is C22H46BrNO2. The van der Waals surface area contributed by atoms with Crippen molar-refractivity contribution in [2.75, 3.05) is 7.11 Å². The molecule has 0 aliphatic heterocycles. The first kappa shape index (κ1) is 30.4. The molecule has 0 fully saturated rings. The van der Waals surface area contributed by atoms with Crippen molar-refractivity contribution in [2.24, 2.45) is 0 Å². The largest absolute Gasteiger partial charge is 0.466 e. The number of carbonyl (C=O) groups is 1. The molecule has 0 amide bonds. The molecule has 0 unspecified atom stereocenters. The maximum absolute atomic E-state index is 11.4. The molecule has 26 heavy (non-hydrogen) atoms. The van der Waals surface area contributed by atoms with Gasteiger partial charge in [-0.15, -0.1) is 17.0 Å². The van der Waals surface area contributed by atoms with Crippen molar-refractivity contribution in [2.45, 2.75) is 117 Å². The Morgan fingerprint density at radius 1 is 0.692 bits per heavy atom. The molecule has 0 bridgehead atoms. The van der Waals surface area contributed by atoms with Gasteiger partial charge in [0.1, 0.15) is 0 Å². The molecule has 0 spiro atoms. The number of allylic oxidation sites excluding steroid dienone is 1. The lowest BCUT2D eigenvalue weighted by Gasteiger charge is -2.06. The lowest BCUT2D eigenvalue weighted by Crippen LogP contribution is -2.03. The summed E-state index contributed by atoms with van der Waals surface area (Å²) in [5, 5.41) is 0. The smallest absolute Gasteiger partial charge is 0.333 e. The first-order valence-corrected chi connectivity index (χ1v) is 10.4. The monoisotopic (exact) mass is 435 g/mol. The Morgan fingerprint density at radius 3 is 1.38 bits per heavy atom. The number of methoxy groups -OCH3 is 1. The molecule has 0 aromatic rings. The van der Waals surface area contributed by atoms with E-state index in [2.05, 4.69) is 13.8 Å². The van der Waals surface area contributed by atoms with E-state index in [0.717, 1.165) is 12.0 Å². The van der Waals surface area contributed by atoms with Crippen LogP contribution in [0.3, 0.4) is 0 Å². The summed E-state index contributed by atoms with van der Waals surface area (Å²) < 4.78 is 4.76. The summed E-state index contributed by atoms with van der Waals surface area (Å²) in [6.07, 6.45) is 20.4. The minimum Gasteiger partial charge on any atom is -0.466 e. The summed E-state index contributed by atoms with van der Waals surface area (Å²) in [4.78, 5) is 11.4. The predicted octanol–water partition coefficient (Wildman–Crippen LogP) is 8.11. The molecule has 0 saturated carbocycles. The molecule has 158 valence electrons. The second-order valence-electron chi connectivity index (χ2n) is 7.24. The fraction of sp³-hybridized carbons (Fsp3) is 0.864.